The Balaban J connectivity index is 1.94. The van der Waals surface area contributed by atoms with Crippen LogP contribution in [0.25, 0.3) is 0 Å². The van der Waals surface area contributed by atoms with Crippen LogP contribution in [0.3, 0.4) is 0 Å². The smallest absolute Gasteiger partial charge is 0.270 e. The Morgan fingerprint density at radius 1 is 1.24 bits per heavy atom. The molecule has 0 saturated heterocycles. The van der Waals surface area contributed by atoms with Gasteiger partial charge in [-0.05, 0) is 6.07 Å². The van der Waals surface area contributed by atoms with Crippen LogP contribution in [0.1, 0.15) is 25.7 Å². The number of hydrogen-bond donors (Lipinski definition) is 1. The predicted octanol–water partition coefficient (Wildman–Crippen LogP) is 0.825. The highest BCUT2D eigenvalue weighted by atomic mass is 32.1. The van der Waals surface area contributed by atoms with Crippen molar-refractivity contribution in [2.75, 3.05) is 5.73 Å². The highest BCUT2D eigenvalue weighted by molar-refractivity contribution is 7.15. The van der Waals surface area contributed by atoms with Gasteiger partial charge in [0.05, 0.1) is 22.6 Å². The molecule has 0 aliphatic carbocycles. The minimum Gasteiger partial charge on any atom is -0.374 e. The lowest BCUT2D eigenvalue weighted by molar-refractivity contribution is -0.384. The molecule has 0 saturated carbocycles. The van der Waals surface area contributed by atoms with Gasteiger partial charge in [-0.1, -0.05) is 11.3 Å². The molecule has 0 fully saturated rings. The van der Waals surface area contributed by atoms with Crippen molar-refractivity contribution in [1.82, 2.24) is 15.1 Å². The molecule has 0 spiro atoms. The van der Waals surface area contributed by atoms with Crippen LogP contribution in [-0.2, 0) is 6.54 Å². The molecule has 3 rings (SSSR count). The first-order valence-corrected chi connectivity index (χ1v) is 6.51. The van der Waals surface area contributed by atoms with E-state index >= 15 is 0 Å². The van der Waals surface area contributed by atoms with Gasteiger partial charge in [0.2, 0.25) is 5.13 Å². The summed E-state index contributed by atoms with van der Waals surface area (Å²) in [5.74, 6) is -1.11. The van der Waals surface area contributed by atoms with E-state index in [1.54, 1.807) is 0 Å². The predicted molar refractivity (Wildman–Crippen MR) is 71.6 cm³/mol. The number of carbonyl (C=O) groups is 2. The standard InChI is InChI=1S/C11H7N5O4S/c12-11-14-13-8(21-11)4-15-9(17)6-2-1-5(16(19)20)3-7(6)10(15)18/h1-3H,4H2,(H2,12,14). The van der Waals surface area contributed by atoms with Crippen molar-refractivity contribution in [3.05, 3.63) is 44.4 Å². The van der Waals surface area contributed by atoms with E-state index in [2.05, 4.69) is 10.2 Å². The Labute approximate surface area is 121 Å². The van der Waals surface area contributed by atoms with E-state index in [9.17, 15) is 19.7 Å². The molecular formula is C11H7N5O4S. The third-order valence-corrected chi connectivity index (χ3v) is 3.68. The zero-order valence-corrected chi connectivity index (χ0v) is 11.2. The number of imide groups is 1. The molecule has 1 aromatic carbocycles. The van der Waals surface area contributed by atoms with E-state index in [1.165, 1.54) is 12.1 Å². The molecule has 2 heterocycles. The molecular weight excluding hydrogens is 298 g/mol. The Morgan fingerprint density at radius 3 is 2.57 bits per heavy atom. The molecule has 2 N–H and O–H groups in total. The van der Waals surface area contributed by atoms with Crippen LogP contribution >= 0.6 is 11.3 Å². The van der Waals surface area contributed by atoms with E-state index in [4.69, 9.17) is 5.73 Å². The highest BCUT2D eigenvalue weighted by Gasteiger charge is 2.37. The molecule has 21 heavy (non-hydrogen) atoms. The largest absolute Gasteiger partial charge is 0.374 e. The Morgan fingerprint density at radius 2 is 1.95 bits per heavy atom. The summed E-state index contributed by atoms with van der Waals surface area (Å²) in [5, 5.41) is 18.7. The summed E-state index contributed by atoms with van der Waals surface area (Å²) in [6, 6.07) is 3.57. The first-order valence-electron chi connectivity index (χ1n) is 5.70. The summed E-state index contributed by atoms with van der Waals surface area (Å²) in [6.45, 7) is -0.0605. The van der Waals surface area contributed by atoms with Gasteiger partial charge in [-0.15, -0.1) is 10.2 Å². The van der Waals surface area contributed by atoms with Crippen LogP contribution in [-0.4, -0.2) is 31.8 Å². The van der Waals surface area contributed by atoms with E-state index in [0.717, 1.165) is 22.3 Å². The Kier molecular flexibility index (Phi) is 2.87. The lowest BCUT2D eigenvalue weighted by Crippen LogP contribution is -2.29. The quantitative estimate of drug-likeness (QED) is 0.504. The van der Waals surface area contributed by atoms with Crippen molar-refractivity contribution >= 4 is 34.0 Å². The first kappa shape index (κ1) is 13.1. The van der Waals surface area contributed by atoms with Gasteiger partial charge >= 0.3 is 0 Å². The van der Waals surface area contributed by atoms with Gasteiger partial charge in [-0.25, -0.2) is 0 Å². The molecule has 1 aliphatic rings. The van der Waals surface area contributed by atoms with Crippen LogP contribution in [0.2, 0.25) is 0 Å². The maximum Gasteiger partial charge on any atom is 0.270 e. The first-order chi connectivity index (χ1) is 9.97. The lowest BCUT2D eigenvalue weighted by atomic mass is 10.1. The molecule has 0 unspecified atom stereocenters. The number of fused-ring (bicyclic) bond motifs is 1. The van der Waals surface area contributed by atoms with Crippen LogP contribution in [0.15, 0.2) is 18.2 Å². The van der Waals surface area contributed by atoms with Gasteiger partial charge in [0.15, 0.2) is 0 Å². The Bertz CT molecular complexity index is 787. The zero-order chi connectivity index (χ0) is 15.1. The number of non-ortho nitro benzene ring substituents is 1. The summed E-state index contributed by atoms with van der Waals surface area (Å²) in [7, 11) is 0. The average molecular weight is 305 g/mol. The lowest BCUT2D eigenvalue weighted by Gasteiger charge is -2.10. The fraction of sp³-hybridized carbons (Fsp3) is 0.0909. The number of benzene rings is 1. The van der Waals surface area contributed by atoms with Crippen molar-refractivity contribution in [3.8, 4) is 0 Å². The summed E-state index contributed by atoms with van der Waals surface area (Å²) >= 11 is 1.07. The van der Waals surface area contributed by atoms with Gasteiger partial charge < -0.3 is 5.73 Å². The van der Waals surface area contributed by atoms with Crippen LogP contribution in [0, 0.1) is 10.1 Å². The second-order valence-electron chi connectivity index (χ2n) is 4.22. The molecule has 0 radical (unpaired) electrons. The van der Waals surface area contributed by atoms with Crippen molar-refractivity contribution in [2.24, 2.45) is 0 Å². The number of amides is 2. The van der Waals surface area contributed by atoms with Crippen LogP contribution < -0.4 is 5.73 Å². The fourth-order valence-corrected chi connectivity index (χ4v) is 2.60. The number of nitro benzene ring substituents is 1. The third-order valence-electron chi connectivity index (χ3n) is 2.94. The zero-order valence-electron chi connectivity index (χ0n) is 10.3. The minimum atomic E-state index is -0.619. The minimum absolute atomic E-state index is 0.0201. The van der Waals surface area contributed by atoms with Crippen molar-refractivity contribution < 1.29 is 14.5 Å². The van der Waals surface area contributed by atoms with Crippen molar-refractivity contribution in [3.63, 3.8) is 0 Å². The van der Waals surface area contributed by atoms with Crippen molar-refractivity contribution in [2.45, 2.75) is 6.54 Å². The summed E-state index contributed by atoms with van der Waals surface area (Å²) in [6.07, 6.45) is 0. The van der Waals surface area contributed by atoms with Gasteiger partial charge in [0, 0.05) is 12.1 Å². The third kappa shape index (κ3) is 2.10. The molecule has 9 nitrogen and oxygen atoms in total. The van der Waals surface area contributed by atoms with Gasteiger partial charge in [0.25, 0.3) is 17.5 Å². The SMILES string of the molecule is Nc1nnc(CN2C(=O)c3ccc([N+](=O)[O-])cc3C2=O)s1. The molecule has 10 heteroatoms. The average Bonchev–Trinajstić information content (AvgIpc) is 2.96. The number of hydrogen-bond acceptors (Lipinski definition) is 8. The highest BCUT2D eigenvalue weighted by Crippen LogP contribution is 2.28. The van der Waals surface area contributed by atoms with Crippen LogP contribution in [0.5, 0.6) is 0 Å². The van der Waals surface area contributed by atoms with Crippen LogP contribution in [0.4, 0.5) is 10.8 Å². The number of nitro groups is 1. The molecule has 0 atom stereocenters. The van der Waals surface area contributed by atoms with E-state index in [0.29, 0.717) is 5.01 Å². The fourth-order valence-electron chi connectivity index (χ4n) is 2.00. The second-order valence-corrected chi connectivity index (χ2v) is 5.31. The molecule has 2 amide bonds. The number of nitrogen functional groups attached to an aromatic ring is 1. The monoisotopic (exact) mass is 305 g/mol. The summed E-state index contributed by atoms with van der Waals surface area (Å²) < 4.78 is 0. The van der Waals surface area contributed by atoms with Gasteiger partial charge in [-0.3, -0.25) is 24.6 Å². The number of nitrogens with zero attached hydrogens (tertiary/aromatic N) is 4. The number of carbonyl (C=O) groups excluding carboxylic acids is 2. The summed E-state index contributed by atoms with van der Waals surface area (Å²) in [4.78, 5) is 35.4. The molecule has 106 valence electrons. The number of aromatic nitrogens is 2. The molecule has 1 aliphatic heterocycles. The molecule has 2 aromatic rings. The van der Waals surface area contributed by atoms with Gasteiger partial charge in [0.1, 0.15) is 5.01 Å². The summed E-state index contributed by atoms with van der Waals surface area (Å²) in [5.41, 5.74) is 5.36. The number of rotatable bonds is 3. The Hall–Kier alpha value is -2.88. The van der Waals surface area contributed by atoms with E-state index in [1.807, 2.05) is 0 Å². The number of nitrogens with two attached hydrogens (primary N) is 1. The van der Waals surface area contributed by atoms with E-state index in [-0.39, 0.29) is 28.5 Å². The van der Waals surface area contributed by atoms with Gasteiger partial charge in [-0.2, -0.15) is 0 Å². The maximum absolute atomic E-state index is 12.2. The maximum atomic E-state index is 12.2. The topological polar surface area (TPSA) is 132 Å². The van der Waals surface area contributed by atoms with Crippen molar-refractivity contribution in [1.29, 1.82) is 0 Å². The molecule has 1 aromatic heterocycles. The second kappa shape index (κ2) is 4.59. The normalized spacial score (nSPS) is 13.6. The van der Waals surface area contributed by atoms with E-state index < -0.39 is 16.7 Å². The molecule has 0 bridgehead atoms. The number of anilines is 1.